The van der Waals surface area contributed by atoms with Crippen LogP contribution in [0.1, 0.15) is 24.9 Å². The van der Waals surface area contributed by atoms with Crippen LogP contribution in [0.5, 0.6) is 0 Å². The highest BCUT2D eigenvalue weighted by Gasteiger charge is 2.14. The largest absolute Gasteiger partial charge is 0.256 e. The number of aromatic nitrogens is 2. The number of hydrogen-bond donors (Lipinski definition) is 0. The van der Waals surface area contributed by atoms with Gasteiger partial charge in [0, 0.05) is 31.4 Å². The number of aryl methyl sites for hydroxylation is 4. The number of nitrogens with zero attached hydrogens (tertiary/aromatic N) is 2. The predicted octanol–water partition coefficient (Wildman–Crippen LogP) is 3.65. The molecule has 0 radical (unpaired) electrons. The minimum Gasteiger partial charge on any atom is -0.256 e. The molecule has 0 saturated carbocycles. The van der Waals surface area contributed by atoms with E-state index in [0.717, 1.165) is 27.7 Å². The topological polar surface area (TPSA) is 16.8 Å². The van der Waals surface area contributed by atoms with Gasteiger partial charge in [0.2, 0.25) is 5.69 Å². The Morgan fingerprint density at radius 2 is 1.95 bits per heavy atom. The Balaban J connectivity index is 2.14. The summed E-state index contributed by atoms with van der Waals surface area (Å²) in [4.78, 5) is 4.36. The van der Waals surface area contributed by atoms with E-state index in [2.05, 4.69) is 4.98 Å². The van der Waals surface area contributed by atoms with E-state index in [4.69, 9.17) is 8.22 Å². The molecule has 1 aromatic carbocycles. The molecule has 3 rings (SSSR count). The van der Waals surface area contributed by atoms with E-state index in [1.165, 1.54) is 6.20 Å². The van der Waals surface area contributed by atoms with Gasteiger partial charge in [-0.1, -0.05) is 6.07 Å². The van der Waals surface area contributed by atoms with Crippen LogP contribution in [0.2, 0.25) is 0 Å². The predicted molar refractivity (Wildman–Crippen MR) is 82.6 cm³/mol. The van der Waals surface area contributed by atoms with Gasteiger partial charge < -0.3 is 0 Å². The molecule has 0 saturated heterocycles. The average Bonchev–Trinajstić information content (AvgIpc) is 2.53. The number of rotatable bonds is 1. The zero-order chi connectivity index (χ0) is 19.3. The van der Waals surface area contributed by atoms with Crippen LogP contribution >= 0.6 is 0 Å². The van der Waals surface area contributed by atoms with Crippen LogP contribution in [0.25, 0.3) is 22.2 Å². The van der Waals surface area contributed by atoms with Crippen molar-refractivity contribution in [2.75, 3.05) is 0 Å². The molecule has 20 heavy (non-hydrogen) atoms. The molecule has 0 aliphatic carbocycles. The minimum atomic E-state index is -2.19. The van der Waals surface area contributed by atoms with Crippen LogP contribution in [-0.2, 0) is 7.05 Å². The summed E-state index contributed by atoms with van der Waals surface area (Å²) in [6.07, 6.45) is 3.00. The number of fused-ring (bicyclic) bond motifs is 1. The molecule has 0 atom stereocenters. The lowest BCUT2D eigenvalue weighted by Crippen LogP contribution is -2.31. The van der Waals surface area contributed by atoms with E-state index >= 15 is 0 Å². The first-order valence-electron chi connectivity index (χ1n) is 9.39. The van der Waals surface area contributed by atoms with Gasteiger partial charge in [-0.3, -0.25) is 4.98 Å². The Kier molecular flexibility index (Phi) is 1.77. The third-order valence-electron chi connectivity index (χ3n) is 3.52. The van der Waals surface area contributed by atoms with E-state index in [9.17, 15) is 0 Å². The first kappa shape index (κ1) is 7.53. The SMILES string of the molecule is [2H]C([2H])([2H])c1cnc2c(C)c(-c3ccc(C([2H])([2H])[2H])c[n+]3C)ccc2c1. The minimum absolute atomic E-state index is 0.213. The van der Waals surface area contributed by atoms with Crippen LogP contribution in [0.4, 0.5) is 0 Å². The van der Waals surface area contributed by atoms with Gasteiger partial charge in [0.25, 0.3) is 0 Å². The quantitative estimate of drug-likeness (QED) is 0.616. The van der Waals surface area contributed by atoms with Crippen molar-refractivity contribution in [1.29, 1.82) is 0 Å². The van der Waals surface area contributed by atoms with Crippen LogP contribution in [0, 0.1) is 20.6 Å². The smallest absolute Gasteiger partial charge is 0.212 e. The molecule has 0 fully saturated rings. The van der Waals surface area contributed by atoms with Crippen molar-refractivity contribution in [2.24, 2.45) is 7.05 Å². The zero-order valence-electron chi connectivity index (χ0n) is 17.4. The Bertz CT molecular complexity index is 989. The highest BCUT2D eigenvalue weighted by Crippen LogP contribution is 2.27. The maximum Gasteiger partial charge on any atom is 0.212 e. The molecule has 2 nitrogen and oxygen atoms in total. The lowest BCUT2D eigenvalue weighted by molar-refractivity contribution is -0.660. The molecule has 2 aromatic heterocycles. The summed E-state index contributed by atoms with van der Waals surface area (Å²) in [7, 11) is 1.80. The van der Waals surface area contributed by atoms with Crippen LogP contribution in [0.15, 0.2) is 42.7 Å². The second kappa shape index (κ2) is 4.71. The van der Waals surface area contributed by atoms with Crippen LogP contribution in [-0.4, -0.2) is 4.98 Å². The summed E-state index contributed by atoms with van der Waals surface area (Å²) < 4.78 is 46.9. The monoisotopic (exact) mass is 269 g/mol. The van der Waals surface area contributed by atoms with Gasteiger partial charge in [0.05, 0.1) is 11.1 Å². The summed E-state index contributed by atoms with van der Waals surface area (Å²) in [5.74, 6) is 0. The molecule has 3 aromatic rings. The van der Waals surface area contributed by atoms with E-state index in [-0.39, 0.29) is 11.1 Å². The summed E-state index contributed by atoms with van der Waals surface area (Å²) in [6.45, 7) is -2.41. The van der Waals surface area contributed by atoms with Gasteiger partial charge in [-0.05, 0) is 50.0 Å². The van der Waals surface area contributed by atoms with Crippen molar-refractivity contribution in [1.82, 2.24) is 4.98 Å². The first-order chi connectivity index (χ1) is 12.0. The Labute approximate surface area is 128 Å². The van der Waals surface area contributed by atoms with Gasteiger partial charge in [0.1, 0.15) is 7.05 Å². The number of benzene rings is 1. The van der Waals surface area contributed by atoms with E-state index in [1.54, 1.807) is 36.0 Å². The lowest BCUT2D eigenvalue weighted by atomic mass is 10.00. The Morgan fingerprint density at radius 3 is 2.70 bits per heavy atom. The van der Waals surface area contributed by atoms with Crippen molar-refractivity contribution in [3.8, 4) is 11.3 Å². The number of hydrogen-bond acceptors (Lipinski definition) is 1. The fourth-order valence-electron chi connectivity index (χ4n) is 2.51. The molecule has 2 heterocycles. The van der Waals surface area contributed by atoms with E-state index in [1.807, 2.05) is 19.1 Å². The third kappa shape index (κ3) is 2.07. The maximum atomic E-state index is 7.53. The van der Waals surface area contributed by atoms with Crippen molar-refractivity contribution in [2.45, 2.75) is 20.6 Å². The first-order valence-corrected chi connectivity index (χ1v) is 6.39. The molecule has 0 N–H and O–H groups in total. The number of pyridine rings is 2. The van der Waals surface area contributed by atoms with Crippen LogP contribution < -0.4 is 4.57 Å². The van der Waals surface area contributed by atoms with Gasteiger partial charge in [-0.15, -0.1) is 0 Å². The van der Waals surface area contributed by atoms with E-state index in [0.29, 0.717) is 0 Å². The molecular formula is C18H19N2+. The molecule has 100 valence electrons. The lowest BCUT2D eigenvalue weighted by Gasteiger charge is -2.08. The second-order valence-corrected chi connectivity index (χ2v) is 4.95. The van der Waals surface area contributed by atoms with Gasteiger partial charge in [-0.25, -0.2) is 4.57 Å². The van der Waals surface area contributed by atoms with Crippen LogP contribution in [0.3, 0.4) is 0 Å². The molecule has 0 aliphatic heterocycles. The summed E-state index contributed by atoms with van der Waals surface area (Å²) in [5.41, 5.74) is 3.92. The highest BCUT2D eigenvalue weighted by molar-refractivity contribution is 5.87. The second-order valence-electron chi connectivity index (χ2n) is 4.95. The fraction of sp³-hybridized carbons (Fsp3) is 0.222. The molecular weight excluding hydrogens is 244 g/mol. The van der Waals surface area contributed by atoms with Gasteiger partial charge in [0.15, 0.2) is 6.20 Å². The molecule has 2 heteroatoms. The molecule has 0 aliphatic rings. The normalized spacial score (nSPS) is 16.7. The summed E-state index contributed by atoms with van der Waals surface area (Å²) >= 11 is 0. The summed E-state index contributed by atoms with van der Waals surface area (Å²) in [5, 5.41) is 0.765. The molecule has 0 unspecified atom stereocenters. The molecule has 0 bridgehead atoms. The Morgan fingerprint density at radius 1 is 1.10 bits per heavy atom. The highest BCUT2D eigenvalue weighted by atomic mass is 14.9. The van der Waals surface area contributed by atoms with Crippen molar-refractivity contribution < 1.29 is 12.8 Å². The molecule has 0 spiro atoms. The van der Waals surface area contributed by atoms with Crippen molar-refractivity contribution >= 4 is 10.9 Å². The van der Waals surface area contributed by atoms with Gasteiger partial charge >= 0.3 is 0 Å². The Hall–Kier alpha value is -2.22. The van der Waals surface area contributed by atoms with Crippen molar-refractivity contribution in [3.63, 3.8) is 0 Å². The van der Waals surface area contributed by atoms with Gasteiger partial charge in [-0.2, -0.15) is 0 Å². The third-order valence-corrected chi connectivity index (χ3v) is 3.52. The van der Waals surface area contributed by atoms with E-state index < -0.39 is 13.7 Å². The molecule has 0 amide bonds. The standard InChI is InChI=1S/C18H19N2/c1-12-5-8-17(20(4)11-12)16-7-6-15-9-13(2)10-19-18(15)14(16)3/h5-11H,1-4H3/q+1/i1D3,2D3. The summed E-state index contributed by atoms with van der Waals surface area (Å²) in [6, 6.07) is 8.79. The zero-order valence-corrected chi connectivity index (χ0v) is 11.4. The maximum absolute atomic E-state index is 7.53. The van der Waals surface area contributed by atoms with Crippen molar-refractivity contribution in [3.05, 3.63) is 59.4 Å². The average molecular weight is 269 g/mol. The fourth-order valence-corrected chi connectivity index (χ4v) is 2.51.